The quantitative estimate of drug-likeness (QED) is 0.0533. The van der Waals surface area contributed by atoms with Crippen molar-refractivity contribution in [1.82, 2.24) is 0 Å². The smallest absolute Gasteiger partial charge is 0.189 e. The number of thioether (sulfide) groups is 9. The van der Waals surface area contributed by atoms with Gasteiger partial charge < -0.3 is 9.66 Å². The van der Waals surface area contributed by atoms with Gasteiger partial charge in [-0.1, -0.05) is 48.0 Å². The molecule has 0 saturated carbocycles. The van der Waals surface area contributed by atoms with E-state index in [9.17, 15) is 14.1 Å². The van der Waals surface area contributed by atoms with Gasteiger partial charge in [-0.2, -0.15) is 47.0 Å². The first-order valence-electron chi connectivity index (χ1n) is 11.9. The highest BCUT2D eigenvalue weighted by Gasteiger charge is 2.06. The van der Waals surface area contributed by atoms with E-state index in [-0.39, 0.29) is 11.7 Å². The Labute approximate surface area is 261 Å². The lowest BCUT2D eigenvalue weighted by atomic mass is 10.4. The Hall–Kier alpha value is 2.76. The van der Waals surface area contributed by atoms with Crippen LogP contribution in [0.2, 0.25) is 0 Å². The van der Waals surface area contributed by atoms with Gasteiger partial charge in [-0.05, 0) is 6.42 Å². The number of aliphatic hydroxyl groups excluding tert-OH is 1. The average Bonchev–Trinajstić information content (AvgIpc) is 2.87. The number of aliphatic hydroxyl groups is 1. The van der Waals surface area contributed by atoms with Crippen LogP contribution in [0.5, 0.6) is 0 Å². The number of hydrogen-bond acceptors (Lipinski definition) is 13. The molecule has 4 nitrogen and oxygen atoms in total. The fourth-order valence-electron chi connectivity index (χ4n) is 2.15. The molecule has 1 atom stereocenters. The summed E-state index contributed by atoms with van der Waals surface area (Å²) in [6.45, 7) is 2.34. The van der Waals surface area contributed by atoms with Gasteiger partial charge in [0.05, 0.1) is 6.61 Å². The van der Waals surface area contributed by atoms with Gasteiger partial charge in [0.15, 0.2) is 10.2 Å². The van der Waals surface area contributed by atoms with Crippen molar-refractivity contribution in [3.05, 3.63) is 0 Å². The number of hydrogen-bond donors (Lipinski definition) is 1. The van der Waals surface area contributed by atoms with Gasteiger partial charge in [0.25, 0.3) is 0 Å². The molecule has 0 bridgehead atoms. The van der Waals surface area contributed by atoms with Crippen LogP contribution < -0.4 is 0 Å². The standard InChI is InChI=1S/C22H42O4S10/c1-2-3-15-36(26)16-14-31-20-33-19-30-11-13-35-22(25)5-8-29-18-32-17-28-7-4-21(24)34-12-10-27-9-6-23/h23H,2-20H2,1H3. The zero-order chi connectivity index (χ0) is 26.5. The third-order valence-corrected chi connectivity index (χ3v) is 16.3. The van der Waals surface area contributed by atoms with Gasteiger partial charge in [0, 0.05) is 79.2 Å². The molecule has 0 fully saturated rings. The lowest BCUT2D eigenvalue weighted by molar-refractivity contribution is -0.111. The summed E-state index contributed by atoms with van der Waals surface area (Å²) in [7, 11) is 0. The minimum Gasteiger partial charge on any atom is -0.616 e. The van der Waals surface area contributed by atoms with Crippen LogP contribution in [0.25, 0.3) is 0 Å². The first-order chi connectivity index (χ1) is 17.6. The Morgan fingerprint density at radius 2 is 1.14 bits per heavy atom. The summed E-state index contributed by atoms with van der Waals surface area (Å²) in [6.07, 6.45) is 3.45. The van der Waals surface area contributed by atoms with E-state index in [2.05, 4.69) is 6.92 Å². The largest absolute Gasteiger partial charge is 0.616 e. The molecular weight excluding hydrogens is 649 g/mol. The van der Waals surface area contributed by atoms with Gasteiger partial charge in [0.1, 0.15) is 11.5 Å². The molecule has 0 aromatic heterocycles. The van der Waals surface area contributed by atoms with Crippen LogP contribution in [-0.2, 0) is 20.8 Å². The minimum absolute atomic E-state index is 0.205. The summed E-state index contributed by atoms with van der Waals surface area (Å²) in [6, 6.07) is 0. The highest BCUT2D eigenvalue weighted by atomic mass is 32.2. The second-order valence-electron chi connectivity index (χ2n) is 6.99. The van der Waals surface area contributed by atoms with Crippen molar-refractivity contribution in [2.45, 2.75) is 32.6 Å². The van der Waals surface area contributed by atoms with E-state index in [0.717, 1.165) is 90.7 Å². The molecule has 0 saturated heterocycles. The molecule has 1 unspecified atom stereocenters. The predicted octanol–water partition coefficient (Wildman–Crippen LogP) is 6.79. The molecule has 0 heterocycles. The average molecular weight is 691 g/mol. The molecule has 14 heteroatoms. The molecule has 36 heavy (non-hydrogen) atoms. The summed E-state index contributed by atoms with van der Waals surface area (Å²) in [5, 5.41) is 13.4. The molecule has 0 rings (SSSR count). The Balaban J connectivity index is 3.27. The lowest BCUT2D eigenvalue weighted by Gasteiger charge is -2.09. The van der Waals surface area contributed by atoms with Crippen LogP contribution in [-0.4, -0.2) is 104 Å². The third-order valence-electron chi connectivity index (χ3n) is 3.97. The van der Waals surface area contributed by atoms with E-state index in [1.54, 1.807) is 11.8 Å². The first kappa shape index (κ1) is 38.8. The maximum Gasteiger partial charge on any atom is 0.189 e. The molecule has 0 aromatic rings. The predicted molar refractivity (Wildman–Crippen MR) is 186 cm³/mol. The van der Waals surface area contributed by atoms with E-state index in [0.29, 0.717) is 18.0 Å². The maximum absolute atomic E-state index is 12.0. The van der Waals surface area contributed by atoms with Gasteiger partial charge in [-0.3, -0.25) is 9.59 Å². The van der Waals surface area contributed by atoms with Crippen molar-refractivity contribution in [1.29, 1.82) is 0 Å². The molecule has 0 aliphatic rings. The fourth-order valence-corrected chi connectivity index (χ4v) is 13.5. The lowest BCUT2D eigenvalue weighted by Crippen LogP contribution is -2.12. The first-order valence-corrected chi connectivity index (χ1v) is 23.5. The molecule has 0 aromatic carbocycles. The summed E-state index contributed by atoms with van der Waals surface area (Å²) >= 11 is 15.1. The molecule has 0 aliphatic heterocycles. The number of carbonyl (C=O) groups excluding carboxylic acids is 2. The van der Waals surface area contributed by atoms with E-state index in [4.69, 9.17) is 5.11 Å². The topological polar surface area (TPSA) is 77.4 Å². The Morgan fingerprint density at radius 3 is 1.67 bits per heavy atom. The number of rotatable bonds is 28. The number of unbranched alkanes of at least 4 members (excludes halogenated alkanes) is 1. The van der Waals surface area contributed by atoms with Crippen LogP contribution in [0.4, 0.5) is 0 Å². The van der Waals surface area contributed by atoms with Crippen LogP contribution in [0.15, 0.2) is 0 Å². The Bertz CT molecular complexity index is 505. The van der Waals surface area contributed by atoms with E-state index < -0.39 is 11.2 Å². The van der Waals surface area contributed by atoms with Crippen molar-refractivity contribution in [2.75, 3.05) is 84.5 Å². The highest BCUT2D eigenvalue weighted by molar-refractivity contribution is 8.23. The zero-order valence-electron chi connectivity index (χ0n) is 21.2. The molecule has 0 spiro atoms. The molecule has 1 N–H and O–H groups in total. The van der Waals surface area contributed by atoms with Crippen molar-refractivity contribution < 1.29 is 19.2 Å². The third kappa shape index (κ3) is 31.3. The van der Waals surface area contributed by atoms with Crippen molar-refractivity contribution in [3.8, 4) is 0 Å². The van der Waals surface area contributed by atoms with Crippen LogP contribution in [0.3, 0.4) is 0 Å². The SMILES string of the molecule is CCCC[S+]([O-])CCSCSCSCCSC(=O)CCSCSCSCCC(=O)SCCSCCO. The fraction of sp³-hybridized carbons (Fsp3) is 0.909. The van der Waals surface area contributed by atoms with Crippen molar-refractivity contribution >= 4 is 127 Å². The minimum atomic E-state index is -0.635. The van der Waals surface area contributed by atoms with Gasteiger partial charge in [-0.25, -0.2) is 0 Å². The van der Waals surface area contributed by atoms with Crippen LogP contribution in [0, 0.1) is 0 Å². The summed E-state index contributed by atoms with van der Waals surface area (Å²) in [4.78, 5) is 23.8. The second kappa shape index (κ2) is 32.3. The maximum atomic E-state index is 12.0. The van der Waals surface area contributed by atoms with Crippen LogP contribution in [0.1, 0.15) is 32.6 Å². The number of carbonyl (C=O) groups is 2. The molecule has 0 aliphatic carbocycles. The monoisotopic (exact) mass is 690 g/mol. The Morgan fingerprint density at radius 1 is 0.639 bits per heavy atom. The molecule has 0 radical (unpaired) electrons. The highest BCUT2D eigenvalue weighted by Crippen LogP contribution is 2.22. The summed E-state index contributed by atoms with van der Waals surface area (Å²) < 4.78 is 11.7. The van der Waals surface area contributed by atoms with Gasteiger partial charge in [0.2, 0.25) is 0 Å². The second-order valence-corrected chi connectivity index (χ2v) is 20.1. The molecular formula is C22H42O4S10. The van der Waals surface area contributed by atoms with E-state index in [1.165, 1.54) is 23.5 Å². The van der Waals surface area contributed by atoms with Crippen molar-refractivity contribution in [3.63, 3.8) is 0 Å². The Kier molecular flexibility index (Phi) is 34.8. The van der Waals surface area contributed by atoms with Gasteiger partial charge in [-0.15, -0.1) is 35.3 Å². The van der Waals surface area contributed by atoms with Crippen LogP contribution >= 0.6 is 106 Å². The van der Waals surface area contributed by atoms with Crippen molar-refractivity contribution in [2.24, 2.45) is 0 Å². The van der Waals surface area contributed by atoms with E-state index >= 15 is 0 Å². The summed E-state index contributed by atoms with van der Waals surface area (Å²) in [5.74, 6) is 8.82. The van der Waals surface area contributed by atoms with E-state index in [1.807, 2.05) is 70.6 Å². The van der Waals surface area contributed by atoms with Gasteiger partial charge >= 0.3 is 0 Å². The molecule has 214 valence electrons. The molecule has 0 amide bonds. The zero-order valence-corrected chi connectivity index (χ0v) is 29.4. The normalized spacial score (nSPS) is 12.2. The summed E-state index contributed by atoms with van der Waals surface area (Å²) in [5.41, 5.74) is 0.